The Morgan fingerprint density at radius 1 is 1.24 bits per heavy atom. The molecule has 0 saturated carbocycles. The van der Waals surface area contributed by atoms with Crippen molar-refractivity contribution >= 4 is 34.4 Å². The predicted octanol–water partition coefficient (Wildman–Crippen LogP) is 0.638. The molecule has 1 aromatic carbocycles. The molecule has 1 fully saturated rings. The summed E-state index contributed by atoms with van der Waals surface area (Å²) in [6.45, 7) is 0.708. The molecule has 2 aromatic heterocycles. The number of nitrogens with zero attached hydrogens (tertiary/aromatic N) is 4. The number of nitrogen functional groups attached to an aromatic ring is 2. The molecule has 0 unspecified atom stereocenters. The third-order valence-electron chi connectivity index (χ3n) is 4.49. The fraction of sp³-hybridized carbons (Fsp3) is 0.250. The third-order valence-corrected chi connectivity index (χ3v) is 4.49. The van der Waals surface area contributed by atoms with Crippen LogP contribution in [0.3, 0.4) is 0 Å². The average Bonchev–Trinajstić information content (AvgIpc) is 3.21. The summed E-state index contributed by atoms with van der Waals surface area (Å²) >= 11 is 0. The van der Waals surface area contributed by atoms with E-state index < -0.39 is 0 Å². The third kappa shape index (κ3) is 2.59. The number of H-pyrrole nitrogens is 1. The van der Waals surface area contributed by atoms with Crippen molar-refractivity contribution < 1.29 is 4.79 Å². The lowest BCUT2D eigenvalue weighted by atomic mass is 10.1. The van der Waals surface area contributed by atoms with E-state index in [2.05, 4.69) is 20.2 Å². The minimum Gasteiger partial charge on any atom is -0.382 e. The molecule has 0 spiro atoms. The molecular weight excluding hydrogens is 320 g/mol. The number of fused-ring (bicyclic) bond motifs is 1. The van der Waals surface area contributed by atoms with E-state index in [1.807, 2.05) is 29.2 Å². The molecule has 9 nitrogen and oxygen atoms in total. The van der Waals surface area contributed by atoms with Crippen molar-refractivity contribution in [1.29, 1.82) is 0 Å². The van der Waals surface area contributed by atoms with E-state index in [1.54, 1.807) is 0 Å². The van der Waals surface area contributed by atoms with Crippen LogP contribution in [-0.4, -0.2) is 38.7 Å². The molecule has 3 aromatic rings. The van der Waals surface area contributed by atoms with Gasteiger partial charge in [-0.25, -0.2) is 4.98 Å². The first-order valence-electron chi connectivity index (χ1n) is 7.97. The van der Waals surface area contributed by atoms with Crippen LogP contribution in [0, 0.1) is 0 Å². The normalized spacial score (nSPS) is 17.3. The van der Waals surface area contributed by atoms with Crippen LogP contribution in [-0.2, 0) is 4.79 Å². The maximum absolute atomic E-state index is 11.7. The molecule has 0 radical (unpaired) electrons. The van der Waals surface area contributed by atoms with Crippen molar-refractivity contribution in [2.45, 2.75) is 18.9 Å². The van der Waals surface area contributed by atoms with Crippen LogP contribution in [0.2, 0.25) is 0 Å². The van der Waals surface area contributed by atoms with Crippen LogP contribution in [0.15, 0.2) is 24.3 Å². The first-order valence-corrected chi connectivity index (χ1v) is 7.97. The highest BCUT2D eigenvalue weighted by Gasteiger charge is 2.30. The predicted molar refractivity (Wildman–Crippen MR) is 95.5 cm³/mol. The molecule has 1 aliphatic rings. The second-order valence-corrected chi connectivity index (χ2v) is 6.09. The maximum atomic E-state index is 11.7. The molecule has 1 atom stereocenters. The Balaban J connectivity index is 1.77. The van der Waals surface area contributed by atoms with Crippen LogP contribution in [0.25, 0.3) is 22.2 Å². The minimum atomic E-state index is -0.364. The Bertz CT molecular complexity index is 966. The van der Waals surface area contributed by atoms with Crippen molar-refractivity contribution in [2.24, 2.45) is 5.73 Å². The Hall–Kier alpha value is -3.36. The summed E-state index contributed by atoms with van der Waals surface area (Å²) in [5.74, 6) is 0.844. The summed E-state index contributed by atoms with van der Waals surface area (Å²) in [7, 11) is 0. The van der Waals surface area contributed by atoms with Crippen LogP contribution in [0.1, 0.15) is 12.8 Å². The number of carbonyl (C=O) groups is 1. The van der Waals surface area contributed by atoms with Gasteiger partial charge in [-0.1, -0.05) is 6.07 Å². The van der Waals surface area contributed by atoms with Gasteiger partial charge >= 0.3 is 0 Å². The van der Waals surface area contributed by atoms with E-state index in [0.29, 0.717) is 30.3 Å². The number of benzene rings is 1. The molecule has 0 bridgehead atoms. The second kappa shape index (κ2) is 5.62. The number of nitrogens with one attached hydrogen (secondary N) is 1. The second-order valence-electron chi connectivity index (χ2n) is 6.09. The van der Waals surface area contributed by atoms with Crippen molar-refractivity contribution in [1.82, 2.24) is 20.2 Å². The first kappa shape index (κ1) is 15.2. The molecule has 25 heavy (non-hydrogen) atoms. The van der Waals surface area contributed by atoms with Gasteiger partial charge in [-0.2, -0.15) is 10.1 Å². The van der Waals surface area contributed by atoms with E-state index in [4.69, 9.17) is 17.2 Å². The number of anilines is 3. The zero-order valence-corrected chi connectivity index (χ0v) is 13.4. The lowest BCUT2D eigenvalue weighted by molar-refractivity contribution is -0.119. The van der Waals surface area contributed by atoms with Gasteiger partial charge in [0.1, 0.15) is 11.9 Å². The average molecular weight is 338 g/mol. The van der Waals surface area contributed by atoms with Crippen molar-refractivity contribution in [2.75, 3.05) is 22.9 Å². The van der Waals surface area contributed by atoms with Gasteiger partial charge in [0.15, 0.2) is 5.82 Å². The number of aromatic amines is 1. The standard InChI is InChI=1S/C16H18N8O/c17-14-9-4-3-8(6-11(9)22-23-14)10-7-13(21-16(19)20-10)24-5-1-2-12(24)15(18)25/h3-4,6-7,12H,1-2,5H2,(H2,18,25)(H3,17,22,23)(H2,19,20,21)/t12-/m0/s1. The van der Waals surface area contributed by atoms with Gasteiger partial charge in [-0.3, -0.25) is 9.89 Å². The number of primary amides is 1. The van der Waals surface area contributed by atoms with Crippen molar-refractivity contribution in [3.05, 3.63) is 24.3 Å². The SMILES string of the molecule is NC(=O)[C@@H]1CCCN1c1cc(-c2ccc3c(N)n[nH]c3c2)nc(N)n1. The molecule has 1 aliphatic heterocycles. The van der Waals surface area contributed by atoms with Crippen LogP contribution in [0.5, 0.6) is 0 Å². The zero-order chi connectivity index (χ0) is 17.6. The summed E-state index contributed by atoms with van der Waals surface area (Å²) in [6, 6.07) is 7.13. The van der Waals surface area contributed by atoms with Gasteiger partial charge in [0.05, 0.1) is 11.2 Å². The minimum absolute atomic E-state index is 0.145. The fourth-order valence-electron chi connectivity index (χ4n) is 3.28. The van der Waals surface area contributed by atoms with Gasteiger partial charge in [0.2, 0.25) is 11.9 Å². The van der Waals surface area contributed by atoms with Gasteiger partial charge < -0.3 is 22.1 Å². The van der Waals surface area contributed by atoms with E-state index in [0.717, 1.165) is 22.9 Å². The number of hydrogen-bond acceptors (Lipinski definition) is 7. The lowest BCUT2D eigenvalue weighted by Gasteiger charge is -2.23. The van der Waals surface area contributed by atoms with Crippen molar-refractivity contribution in [3.8, 4) is 11.3 Å². The number of carbonyl (C=O) groups excluding carboxylic acids is 1. The number of aromatic nitrogens is 4. The summed E-state index contributed by atoms with van der Waals surface area (Å²) < 4.78 is 0. The molecule has 3 heterocycles. The number of hydrogen-bond donors (Lipinski definition) is 4. The molecule has 4 rings (SSSR count). The highest BCUT2D eigenvalue weighted by molar-refractivity contribution is 5.91. The maximum Gasteiger partial charge on any atom is 0.240 e. The smallest absolute Gasteiger partial charge is 0.240 e. The Morgan fingerprint density at radius 2 is 2.08 bits per heavy atom. The number of rotatable bonds is 3. The quantitative estimate of drug-likeness (QED) is 0.546. The van der Waals surface area contributed by atoms with E-state index in [9.17, 15) is 4.79 Å². The van der Waals surface area contributed by atoms with Crippen LogP contribution >= 0.6 is 0 Å². The van der Waals surface area contributed by atoms with E-state index >= 15 is 0 Å². The van der Waals surface area contributed by atoms with E-state index in [-0.39, 0.29) is 17.9 Å². The lowest BCUT2D eigenvalue weighted by Crippen LogP contribution is -2.40. The monoisotopic (exact) mass is 338 g/mol. The number of nitrogens with two attached hydrogens (primary N) is 3. The summed E-state index contributed by atoms with van der Waals surface area (Å²) in [5, 5.41) is 7.72. The molecule has 128 valence electrons. The van der Waals surface area contributed by atoms with Crippen molar-refractivity contribution in [3.63, 3.8) is 0 Å². The molecule has 9 heteroatoms. The van der Waals surface area contributed by atoms with Crippen LogP contribution in [0.4, 0.5) is 17.6 Å². The van der Waals surface area contributed by atoms with Gasteiger partial charge in [0, 0.05) is 23.6 Å². The Labute approximate surface area is 143 Å². The molecular formula is C16H18N8O. The Morgan fingerprint density at radius 3 is 2.88 bits per heavy atom. The Kier molecular flexibility index (Phi) is 3.41. The fourth-order valence-corrected chi connectivity index (χ4v) is 3.28. The topological polar surface area (TPSA) is 153 Å². The van der Waals surface area contributed by atoms with Gasteiger partial charge in [-0.05, 0) is 25.0 Å². The van der Waals surface area contributed by atoms with Gasteiger partial charge in [0.25, 0.3) is 0 Å². The number of amides is 1. The highest BCUT2D eigenvalue weighted by Crippen LogP contribution is 2.30. The summed E-state index contributed by atoms with van der Waals surface area (Å²) in [6.07, 6.45) is 1.60. The van der Waals surface area contributed by atoms with E-state index in [1.165, 1.54) is 0 Å². The first-order chi connectivity index (χ1) is 12.0. The molecule has 7 N–H and O–H groups in total. The summed E-state index contributed by atoms with van der Waals surface area (Å²) in [4.78, 5) is 22.1. The molecule has 0 aliphatic carbocycles. The van der Waals surface area contributed by atoms with Crippen LogP contribution < -0.4 is 22.1 Å². The largest absolute Gasteiger partial charge is 0.382 e. The summed E-state index contributed by atoms with van der Waals surface area (Å²) in [5.41, 5.74) is 19.5. The molecule has 1 saturated heterocycles. The molecule has 1 amide bonds. The zero-order valence-electron chi connectivity index (χ0n) is 13.4. The highest BCUT2D eigenvalue weighted by atomic mass is 16.1. The van der Waals surface area contributed by atoms with Gasteiger partial charge in [-0.15, -0.1) is 0 Å².